The van der Waals surface area contributed by atoms with E-state index in [1.807, 2.05) is 13.0 Å². The van der Waals surface area contributed by atoms with Gasteiger partial charge in [-0.05, 0) is 37.8 Å². The van der Waals surface area contributed by atoms with Crippen LogP contribution in [0.1, 0.15) is 43.7 Å². The second-order valence-corrected chi connectivity index (χ2v) is 5.95. The van der Waals surface area contributed by atoms with Crippen LogP contribution in [-0.4, -0.2) is 24.1 Å². The normalized spacial score (nSPS) is 23.6. The van der Waals surface area contributed by atoms with Crippen LogP contribution in [0.2, 0.25) is 0 Å². The minimum Gasteiger partial charge on any atom is -0.409 e. The number of oxime groups is 1. The van der Waals surface area contributed by atoms with E-state index in [-0.39, 0.29) is 5.84 Å². The van der Waals surface area contributed by atoms with Crippen molar-refractivity contribution in [1.29, 1.82) is 0 Å². The maximum atomic E-state index is 8.99. The molecular formula is C16H25N3O. The lowest BCUT2D eigenvalue weighted by Crippen LogP contribution is -2.40. The molecule has 4 nitrogen and oxygen atoms in total. The number of amidine groups is 1. The van der Waals surface area contributed by atoms with Gasteiger partial charge in [0.15, 0.2) is 5.84 Å². The van der Waals surface area contributed by atoms with Crippen molar-refractivity contribution in [3.05, 3.63) is 29.3 Å². The minimum absolute atomic E-state index is 0.180. The molecule has 0 saturated heterocycles. The molecule has 0 aliphatic heterocycles. The molecule has 1 aromatic carbocycles. The summed E-state index contributed by atoms with van der Waals surface area (Å²) in [5.74, 6) is 0.856. The van der Waals surface area contributed by atoms with Crippen molar-refractivity contribution in [3.8, 4) is 0 Å². The fourth-order valence-electron chi connectivity index (χ4n) is 3.27. The van der Waals surface area contributed by atoms with E-state index >= 15 is 0 Å². The summed E-state index contributed by atoms with van der Waals surface area (Å²) in [4.78, 5) is 2.30. The van der Waals surface area contributed by atoms with Crippen molar-refractivity contribution in [2.75, 3.05) is 11.9 Å². The van der Waals surface area contributed by atoms with E-state index in [4.69, 9.17) is 10.9 Å². The molecule has 0 heterocycles. The zero-order chi connectivity index (χ0) is 14.7. The molecular weight excluding hydrogens is 250 g/mol. The SMILES string of the molecule is Cc1ccc(N(C)C2CCCCC2C)c(/C(N)=N/O)c1. The lowest BCUT2D eigenvalue weighted by Gasteiger charge is -2.38. The fraction of sp³-hybridized carbons (Fsp3) is 0.562. The van der Waals surface area contributed by atoms with E-state index < -0.39 is 0 Å². The summed E-state index contributed by atoms with van der Waals surface area (Å²) in [7, 11) is 2.12. The smallest absolute Gasteiger partial charge is 0.172 e. The van der Waals surface area contributed by atoms with Crippen LogP contribution >= 0.6 is 0 Å². The molecule has 0 amide bonds. The lowest BCUT2D eigenvalue weighted by atomic mass is 9.84. The topological polar surface area (TPSA) is 61.8 Å². The molecule has 1 aliphatic rings. The number of anilines is 1. The summed E-state index contributed by atoms with van der Waals surface area (Å²) in [5.41, 5.74) is 8.81. The number of rotatable bonds is 3. The molecule has 20 heavy (non-hydrogen) atoms. The highest BCUT2D eigenvalue weighted by Crippen LogP contribution is 2.32. The Morgan fingerprint density at radius 2 is 2.05 bits per heavy atom. The third kappa shape index (κ3) is 2.89. The molecule has 110 valence electrons. The predicted octanol–water partition coefficient (Wildman–Crippen LogP) is 3.10. The van der Waals surface area contributed by atoms with Crippen LogP contribution in [0.3, 0.4) is 0 Å². The zero-order valence-corrected chi connectivity index (χ0v) is 12.6. The molecule has 0 aromatic heterocycles. The van der Waals surface area contributed by atoms with E-state index in [2.05, 4.69) is 36.2 Å². The van der Waals surface area contributed by atoms with Gasteiger partial charge in [-0.2, -0.15) is 0 Å². The lowest BCUT2D eigenvalue weighted by molar-refractivity contribution is 0.318. The molecule has 2 rings (SSSR count). The first kappa shape index (κ1) is 14.7. The van der Waals surface area contributed by atoms with Gasteiger partial charge in [0.25, 0.3) is 0 Å². The molecule has 2 unspecified atom stereocenters. The summed E-state index contributed by atoms with van der Waals surface area (Å²) in [6, 6.07) is 6.66. The van der Waals surface area contributed by atoms with Gasteiger partial charge in [0.1, 0.15) is 0 Å². The highest BCUT2D eigenvalue weighted by atomic mass is 16.4. The maximum absolute atomic E-state index is 8.99. The summed E-state index contributed by atoms with van der Waals surface area (Å²) in [5, 5.41) is 12.2. The quantitative estimate of drug-likeness (QED) is 0.385. The Bertz CT molecular complexity index is 498. The van der Waals surface area contributed by atoms with Gasteiger partial charge in [0.05, 0.1) is 0 Å². The van der Waals surface area contributed by atoms with Gasteiger partial charge in [-0.1, -0.05) is 36.6 Å². The molecule has 0 radical (unpaired) electrons. The highest BCUT2D eigenvalue weighted by Gasteiger charge is 2.26. The Kier molecular flexibility index (Phi) is 4.53. The van der Waals surface area contributed by atoms with Crippen molar-refractivity contribution in [2.45, 2.75) is 45.6 Å². The third-order valence-electron chi connectivity index (χ3n) is 4.48. The summed E-state index contributed by atoms with van der Waals surface area (Å²) < 4.78 is 0. The molecule has 4 heteroatoms. The maximum Gasteiger partial charge on any atom is 0.172 e. The Balaban J connectivity index is 2.36. The van der Waals surface area contributed by atoms with E-state index in [9.17, 15) is 0 Å². The van der Waals surface area contributed by atoms with Crippen molar-refractivity contribution >= 4 is 11.5 Å². The fourth-order valence-corrected chi connectivity index (χ4v) is 3.27. The Morgan fingerprint density at radius 1 is 1.35 bits per heavy atom. The molecule has 1 aromatic rings. The standard InChI is InChI=1S/C16H25N3O/c1-11-8-9-15(13(10-11)16(17)18-20)19(3)14-7-5-4-6-12(14)2/h8-10,12,14,20H,4-7H2,1-3H3,(H2,17,18). The van der Waals surface area contributed by atoms with Gasteiger partial charge in [-0.3, -0.25) is 0 Å². The zero-order valence-electron chi connectivity index (χ0n) is 12.6. The Labute approximate surface area is 121 Å². The number of nitrogens with zero attached hydrogens (tertiary/aromatic N) is 2. The van der Waals surface area contributed by atoms with Crippen LogP contribution in [0, 0.1) is 12.8 Å². The number of hydrogen-bond donors (Lipinski definition) is 2. The van der Waals surface area contributed by atoms with Gasteiger partial charge in [0, 0.05) is 24.3 Å². The number of hydrogen-bond acceptors (Lipinski definition) is 3. The second kappa shape index (κ2) is 6.16. The van der Waals surface area contributed by atoms with Crippen molar-refractivity contribution < 1.29 is 5.21 Å². The number of aryl methyl sites for hydroxylation is 1. The molecule has 1 fully saturated rings. The molecule has 3 N–H and O–H groups in total. The van der Waals surface area contributed by atoms with Crippen LogP contribution in [0.4, 0.5) is 5.69 Å². The largest absolute Gasteiger partial charge is 0.409 e. The highest BCUT2D eigenvalue weighted by molar-refractivity contribution is 6.02. The van der Waals surface area contributed by atoms with Crippen LogP contribution < -0.4 is 10.6 Å². The summed E-state index contributed by atoms with van der Waals surface area (Å²) in [6.07, 6.45) is 5.09. The first-order chi connectivity index (χ1) is 9.54. The van der Waals surface area contributed by atoms with E-state index in [0.29, 0.717) is 12.0 Å². The number of nitrogens with two attached hydrogens (primary N) is 1. The first-order valence-corrected chi connectivity index (χ1v) is 7.36. The third-order valence-corrected chi connectivity index (χ3v) is 4.48. The summed E-state index contributed by atoms with van der Waals surface area (Å²) in [6.45, 7) is 4.33. The second-order valence-electron chi connectivity index (χ2n) is 5.95. The average Bonchev–Trinajstić information content (AvgIpc) is 2.46. The van der Waals surface area contributed by atoms with E-state index in [0.717, 1.165) is 16.8 Å². The van der Waals surface area contributed by atoms with Crippen LogP contribution in [0.5, 0.6) is 0 Å². The van der Waals surface area contributed by atoms with Crippen molar-refractivity contribution in [1.82, 2.24) is 0 Å². The van der Waals surface area contributed by atoms with E-state index in [1.165, 1.54) is 25.7 Å². The average molecular weight is 275 g/mol. The molecule has 1 aliphatic carbocycles. The minimum atomic E-state index is 0.180. The Hall–Kier alpha value is -1.71. The van der Waals surface area contributed by atoms with Crippen LogP contribution in [0.15, 0.2) is 23.4 Å². The monoisotopic (exact) mass is 275 g/mol. The van der Waals surface area contributed by atoms with Crippen LogP contribution in [0.25, 0.3) is 0 Å². The van der Waals surface area contributed by atoms with Gasteiger partial charge in [0.2, 0.25) is 0 Å². The molecule has 1 saturated carbocycles. The Morgan fingerprint density at radius 3 is 2.70 bits per heavy atom. The molecule has 2 atom stereocenters. The molecule has 0 bridgehead atoms. The predicted molar refractivity (Wildman–Crippen MR) is 83.5 cm³/mol. The van der Waals surface area contributed by atoms with Gasteiger partial charge in [-0.25, -0.2) is 0 Å². The van der Waals surface area contributed by atoms with Gasteiger partial charge >= 0.3 is 0 Å². The van der Waals surface area contributed by atoms with Gasteiger partial charge < -0.3 is 15.8 Å². The van der Waals surface area contributed by atoms with Crippen LogP contribution in [-0.2, 0) is 0 Å². The first-order valence-electron chi connectivity index (χ1n) is 7.36. The molecule has 0 spiro atoms. The van der Waals surface area contributed by atoms with Crippen molar-refractivity contribution in [2.24, 2.45) is 16.8 Å². The van der Waals surface area contributed by atoms with Crippen molar-refractivity contribution in [3.63, 3.8) is 0 Å². The van der Waals surface area contributed by atoms with E-state index in [1.54, 1.807) is 0 Å². The summed E-state index contributed by atoms with van der Waals surface area (Å²) >= 11 is 0. The van der Waals surface area contributed by atoms with Gasteiger partial charge in [-0.15, -0.1) is 0 Å². The number of benzene rings is 1.